The second-order valence-electron chi connectivity index (χ2n) is 6.57. The fourth-order valence-electron chi connectivity index (χ4n) is 3.02. The number of carbonyl (C=O) groups excluding carboxylic acids is 2. The van der Waals surface area contributed by atoms with Crippen LogP contribution in [0.1, 0.15) is 24.1 Å². The molecule has 150 valence electrons. The van der Waals surface area contributed by atoms with Crippen molar-refractivity contribution in [3.05, 3.63) is 48.0 Å². The summed E-state index contributed by atoms with van der Waals surface area (Å²) in [6.45, 7) is 1.04. The number of nitrogens with one attached hydrogen (secondary N) is 3. The molecule has 1 saturated heterocycles. The van der Waals surface area contributed by atoms with E-state index in [0.29, 0.717) is 31.6 Å². The molecule has 7 nitrogen and oxygen atoms in total. The van der Waals surface area contributed by atoms with Gasteiger partial charge in [-0.25, -0.2) is 9.78 Å². The number of nitrogens with zero attached hydrogens (tertiary/aromatic N) is 2. The van der Waals surface area contributed by atoms with Crippen molar-refractivity contribution >= 4 is 17.6 Å². The topological polar surface area (TPSA) is 90.1 Å². The summed E-state index contributed by atoms with van der Waals surface area (Å²) in [5.41, 5.74) is 0.184. The molecule has 2 heterocycles. The fraction of sp³-hybridized carbons (Fsp3) is 0.389. The zero-order valence-electron chi connectivity index (χ0n) is 14.9. The zero-order valence-corrected chi connectivity index (χ0v) is 14.9. The van der Waals surface area contributed by atoms with Gasteiger partial charge in [-0.2, -0.15) is 13.2 Å². The number of aromatic amines is 1. The summed E-state index contributed by atoms with van der Waals surface area (Å²) in [5.74, 6) is -0.0141. The lowest BCUT2D eigenvalue weighted by molar-refractivity contribution is -0.137. The van der Waals surface area contributed by atoms with Gasteiger partial charge in [0.15, 0.2) is 0 Å². The Labute approximate surface area is 159 Å². The number of piperidine rings is 1. The lowest BCUT2D eigenvalue weighted by Gasteiger charge is -2.32. The number of rotatable bonds is 4. The van der Waals surface area contributed by atoms with Crippen molar-refractivity contribution in [3.8, 4) is 0 Å². The van der Waals surface area contributed by atoms with E-state index in [-0.39, 0.29) is 24.1 Å². The Hall–Kier alpha value is -3.04. The number of carbonyl (C=O) groups is 2. The molecule has 0 atom stereocenters. The van der Waals surface area contributed by atoms with Crippen LogP contribution in [0.15, 0.2) is 36.8 Å². The molecule has 1 aliphatic heterocycles. The summed E-state index contributed by atoms with van der Waals surface area (Å²) in [7, 11) is 0. The highest BCUT2D eigenvalue weighted by Gasteiger charge is 2.30. The van der Waals surface area contributed by atoms with Crippen LogP contribution in [-0.2, 0) is 17.4 Å². The minimum Gasteiger partial charge on any atom is -0.351 e. The van der Waals surface area contributed by atoms with E-state index in [1.807, 2.05) is 0 Å². The minimum atomic E-state index is -4.41. The maximum Gasteiger partial charge on any atom is 0.416 e. The van der Waals surface area contributed by atoms with Crippen LogP contribution in [0, 0.1) is 0 Å². The van der Waals surface area contributed by atoms with E-state index in [1.54, 1.807) is 11.1 Å². The highest BCUT2D eigenvalue weighted by atomic mass is 19.4. The molecule has 0 unspecified atom stereocenters. The number of hydrogen-bond acceptors (Lipinski definition) is 3. The fourth-order valence-corrected chi connectivity index (χ4v) is 3.02. The third kappa shape index (κ3) is 5.24. The zero-order chi connectivity index (χ0) is 20.1. The predicted molar refractivity (Wildman–Crippen MR) is 95.5 cm³/mol. The third-order valence-corrected chi connectivity index (χ3v) is 4.54. The van der Waals surface area contributed by atoms with Gasteiger partial charge in [0.2, 0.25) is 5.91 Å². The van der Waals surface area contributed by atoms with Crippen molar-refractivity contribution < 1.29 is 22.8 Å². The molecular formula is C18H20F3N5O2. The van der Waals surface area contributed by atoms with E-state index < -0.39 is 17.8 Å². The molecule has 1 fully saturated rings. The van der Waals surface area contributed by atoms with Gasteiger partial charge in [0.25, 0.3) is 0 Å². The molecule has 2 aromatic rings. The van der Waals surface area contributed by atoms with Gasteiger partial charge in [0.1, 0.15) is 0 Å². The van der Waals surface area contributed by atoms with Gasteiger partial charge >= 0.3 is 12.2 Å². The molecule has 1 aromatic carbocycles. The number of likely N-dealkylation sites (tertiary alicyclic amines) is 1. The maximum absolute atomic E-state index is 12.6. The molecule has 0 aliphatic carbocycles. The van der Waals surface area contributed by atoms with E-state index in [1.165, 1.54) is 18.5 Å². The summed E-state index contributed by atoms with van der Waals surface area (Å²) < 4.78 is 37.7. The molecule has 1 aliphatic rings. The number of urea groups is 1. The van der Waals surface area contributed by atoms with Crippen molar-refractivity contribution in [1.29, 1.82) is 0 Å². The van der Waals surface area contributed by atoms with Gasteiger partial charge in [-0.1, -0.05) is 0 Å². The van der Waals surface area contributed by atoms with Crippen molar-refractivity contribution in [3.63, 3.8) is 0 Å². The van der Waals surface area contributed by atoms with Crippen LogP contribution in [0.25, 0.3) is 0 Å². The molecule has 28 heavy (non-hydrogen) atoms. The van der Waals surface area contributed by atoms with E-state index in [0.717, 1.165) is 12.1 Å². The Morgan fingerprint density at radius 2 is 1.86 bits per heavy atom. The van der Waals surface area contributed by atoms with Crippen LogP contribution in [0.2, 0.25) is 0 Å². The smallest absolute Gasteiger partial charge is 0.351 e. The Balaban J connectivity index is 1.43. The van der Waals surface area contributed by atoms with Gasteiger partial charge in [-0.3, -0.25) is 4.79 Å². The first-order chi connectivity index (χ1) is 13.3. The number of alkyl halides is 3. The molecule has 3 amide bonds. The highest BCUT2D eigenvalue weighted by molar-refractivity contribution is 5.89. The summed E-state index contributed by atoms with van der Waals surface area (Å²) in [4.78, 5) is 32.9. The maximum atomic E-state index is 12.6. The first-order valence-corrected chi connectivity index (χ1v) is 8.81. The number of halogens is 3. The lowest BCUT2D eigenvalue weighted by atomic mass is 10.0. The first-order valence-electron chi connectivity index (χ1n) is 8.81. The van der Waals surface area contributed by atoms with Crippen LogP contribution in [0.3, 0.4) is 0 Å². The number of H-pyrrole nitrogens is 1. The SMILES string of the molecule is O=C(Nc1ccc(C(F)(F)F)cc1)NC1CCN(C(=O)Cc2c[nH]cn2)CC1. The van der Waals surface area contributed by atoms with Gasteiger partial charge in [0.05, 0.1) is 24.0 Å². The highest BCUT2D eigenvalue weighted by Crippen LogP contribution is 2.29. The first kappa shape index (κ1) is 19.7. The van der Waals surface area contributed by atoms with Crippen molar-refractivity contribution in [2.45, 2.75) is 31.5 Å². The van der Waals surface area contributed by atoms with E-state index in [9.17, 15) is 22.8 Å². The Kier molecular flexibility index (Phi) is 5.86. The number of imidazole rings is 1. The Morgan fingerprint density at radius 3 is 2.43 bits per heavy atom. The van der Waals surface area contributed by atoms with E-state index >= 15 is 0 Å². The third-order valence-electron chi connectivity index (χ3n) is 4.54. The van der Waals surface area contributed by atoms with Crippen molar-refractivity contribution in [2.75, 3.05) is 18.4 Å². The molecule has 0 spiro atoms. The van der Waals surface area contributed by atoms with Crippen LogP contribution >= 0.6 is 0 Å². The molecule has 10 heteroatoms. The van der Waals surface area contributed by atoms with Gasteiger partial charge in [-0.15, -0.1) is 0 Å². The second-order valence-corrected chi connectivity index (χ2v) is 6.57. The number of hydrogen-bond donors (Lipinski definition) is 3. The number of amides is 3. The summed E-state index contributed by atoms with van der Waals surface area (Å²) >= 11 is 0. The number of benzene rings is 1. The largest absolute Gasteiger partial charge is 0.416 e. The summed E-state index contributed by atoms with van der Waals surface area (Å²) in [6, 6.07) is 3.65. The quantitative estimate of drug-likeness (QED) is 0.744. The van der Waals surface area contributed by atoms with Crippen LogP contribution in [0.4, 0.5) is 23.7 Å². The van der Waals surface area contributed by atoms with Crippen molar-refractivity contribution in [1.82, 2.24) is 20.2 Å². The van der Waals surface area contributed by atoms with E-state index in [2.05, 4.69) is 20.6 Å². The van der Waals surface area contributed by atoms with Crippen LogP contribution in [0.5, 0.6) is 0 Å². The normalized spacial score (nSPS) is 15.3. The van der Waals surface area contributed by atoms with Gasteiger partial charge in [-0.05, 0) is 37.1 Å². The molecule has 1 aromatic heterocycles. The van der Waals surface area contributed by atoms with Gasteiger partial charge in [0, 0.05) is 31.0 Å². The average Bonchev–Trinajstić information content (AvgIpc) is 3.15. The summed E-state index contributed by atoms with van der Waals surface area (Å²) in [6.07, 6.45) is 0.227. The molecule has 0 radical (unpaired) electrons. The standard InChI is InChI=1S/C18H20F3N5O2/c19-18(20,21)12-1-3-13(4-2-12)24-17(28)25-14-5-7-26(8-6-14)16(27)9-15-10-22-11-23-15/h1-4,10-11,14H,5-9H2,(H,22,23)(H2,24,25,28). The predicted octanol–water partition coefficient (Wildman–Crippen LogP) is 2.78. The van der Waals surface area contributed by atoms with Crippen molar-refractivity contribution in [2.24, 2.45) is 0 Å². The molecular weight excluding hydrogens is 375 g/mol. The molecule has 3 N–H and O–H groups in total. The minimum absolute atomic E-state index is 0.0141. The number of aromatic nitrogens is 2. The number of anilines is 1. The lowest BCUT2D eigenvalue weighted by Crippen LogP contribution is -2.47. The second kappa shape index (κ2) is 8.32. The average molecular weight is 395 g/mol. The molecule has 3 rings (SSSR count). The monoisotopic (exact) mass is 395 g/mol. The Morgan fingerprint density at radius 1 is 1.18 bits per heavy atom. The van der Waals surface area contributed by atoms with Crippen LogP contribution in [-0.4, -0.2) is 45.9 Å². The van der Waals surface area contributed by atoms with Gasteiger partial charge < -0.3 is 20.5 Å². The van der Waals surface area contributed by atoms with Crippen LogP contribution < -0.4 is 10.6 Å². The van der Waals surface area contributed by atoms with E-state index in [4.69, 9.17) is 0 Å². The Bertz CT molecular complexity index is 798. The summed E-state index contributed by atoms with van der Waals surface area (Å²) in [5, 5.41) is 5.31. The molecule has 0 saturated carbocycles. The molecule has 0 bridgehead atoms.